The summed E-state index contributed by atoms with van der Waals surface area (Å²) in [5, 5.41) is 2.75. The van der Waals surface area contributed by atoms with Crippen molar-refractivity contribution in [2.45, 2.75) is 19.8 Å². The van der Waals surface area contributed by atoms with Gasteiger partial charge in [0.1, 0.15) is 0 Å². The summed E-state index contributed by atoms with van der Waals surface area (Å²) in [7, 11) is 1.31. The molecule has 4 nitrogen and oxygen atoms in total. The van der Waals surface area contributed by atoms with E-state index in [2.05, 4.69) is 19.2 Å². The Morgan fingerprint density at radius 2 is 1.64 bits per heavy atom. The fraction of sp³-hybridized carbons (Fsp3) is 0.222. The first kappa shape index (κ1) is 15.8. The number of methoxy groups -OCH3 is 1. The molecule has 0 atom stereocenters. The Morgan fingerprint density at radius 3 is 2.23 bits per heavy atom. The average Bonchev–Trinajstić information content (AvgIpc) is 2.54. The second-order valence-electron chi connectivity index (χ2n) is 5.27. The lowest BCUT2D eigenvalue weighted by Crippen LogP contribution is -2.15. The maximum absolute atomic E-state index is 12.3. The highest BCUT2D eigenvalue weighted by atomic mass is 16.5. The van der Waals surface area contributed by atoms with Gasteiger partial charge in [0.05, 0.1) is 18.4 Å². The second-order valence-corrected chi connectivity index (χ2v) is 5.27. The van der Waals surface area contributed by atoms with E-state index in [1.165, 1.54) is 12.7 Å². The predicted molar refractivity (Wildman–Crippen MR) is 86.3 cm³/mol. The number of hydrogen-bond donors (Lipinski definition) is 1. The van der Waals surface area contributed by atoms with Crippen molar-refractivity contribution >= 4 is 17.6 Å². The van der Waals surface area contributed by atoms with Crippen molar-refractivity contribution in [1.82, 2.24) is 0 Å². The number of ether oxygens (including phenoxy) is 1. The van der Waals surface area contributed by atoms with Crippen molar-refractivity contribution < 1.29 is 14.3 Å². The van der Waals surface area contributed by atoms with Crippen LogP contribution < -0.4 is 5.32 Å². The zero-order chi connectivity index (χ0) is 16.1. The SMILES string of the molecule is COC(=O)c1ccccc1NC(=O)c1ccc(C(C)C)cc1. The molecule has 2 aromatic carbocycles. The van der Waals surface area contributed by atoms with E-state index in [1.807, 2.05) is 12.1 Å². The van der Waals surface area contributed by atoms with Gasteiger partial charge in [-0.2, -0.15) is 0 Å². The quantitative estimate of drug-likeness (QED) is 0.872. The van der Waals surface area contributed by atoms with Crippen LogP contribution in [0.2, 0.25) is 0 Å². The normalized spacial score (nSPS) is 10.4. The Hall–Kier alpha value is -2.62. The smallest absolute Gasteiger partial charge is 0.339 e. The molecule has 114 valence electrons. The summed E-state index contributed by atoms with van der Waals surface area (Å²) in [5.41, 5.74) is 2.49. The molecule has 0 aliphatic carbocycles. The van der Waals surface area contributed by atoms with Gasteiger partial charge in [0.25, 0.3) is 5.91 Å². The number of esters is 1. The van der Waals surface area contributed by atoms with Crippen LogP contribution in [0.3, 0.4) is 0 Å². The number of carbonyl (C=O) groups is 2. The largest absolute Gasteiger partial charge is 0.465 e. The highest BCUT2D eigenvalue weighted by Gasteiger charge is 2.14. The van der Waals surface area contributed by atoms with Crippen molar-refractivity contribution in [2.75, 3.05) is 12.4 Å². The van der Waals surface area contributed by atoms with E-state index in [0.29, 0.717) is 22.7 Å². The van der Waals surface area contributed by atoms with Crippen LogP contribution in [-0.4, -0.2) is 19.0 Å². The third kappa shape index (κ3) is 3.52. The van der Waals surface area contributed by atoms with Crippen molar-refractivity contribution in [3.8, 4) is 0 Å². The van der Waals surface area contributed by atoms with Crippen LogP contribution in [0.1, 0.15) is 46.0 Å². The van der Waals surface area contributed by atoms with Gasteiger partial charge in [-0.15, -0.1) is 0 Å². The van der Waals surface area contributed by atoms with Gasteiger partial charge in [-0.3, -0.25) is 4.79 Å². The third-order valence-electron chi connectivity index (χ3n) is 3.42. The highest BCUT2D eigenvalue weighted by molar-refractivity contribution is 6.07. The Balaban J connectivity index is 2.20. The summed E-state index contributed by atoms with van der Waals surface area (Å²) in [6.45, 7) is 4.20. The summed E-state index contributed by atoms with van der Waals surface area (Å²) in [4.78, 5) is 24.0. The molecule has 1 amide bonds. The molecule has 0 radical (unpaired) electrons. The molecular weight excluding hydrogens is 278 g/mol. The topological polar surface area (TPSA) is 55.4 Å². The van der Waals surface area contributed by atoms with Crippen molar-refractivity contribution in [3.63, 3.8) is 0 Å². The van der Waals surface area contributed by atoms with Gasteiger partial charge >= 0.3 is 5.97 Å². The molecule has 0 aliphatic heterocycles. The lowest BCUT2D eigenvalue weighted by Gasteiger charge is -2.10. The van der Waals surface area contributed by atoms with Crippen LogP contribution in [0, 0.1) is 0 Å². The Morgan fingerprint density at radius 1 is 1.00 bits per heavy atom. The number of nitrogens with one attached hydrogen (secondary N) is 1. The molecule has 0 saturated heterocycles. The van der Waals surface area contributed by atoms with Crippen molar-refractivity contribution in [3.05, 3.63) is 65.2 Å². The molecule has 1 N–H and O–H groups in total. The molecule has 0 saturated carbocycles. The van der Waals surface area contributed by atoms with E-state index in [0.717, 1.165) is 0 Å². The number of rotatable bonds is 4. The van der Waals surface area contributed by atoms with Crippen LogP contribution in [0.25, 0.3) is 0 Å². The van der Waals surface area contributed by atoms with Gasteiger partial charge in [-0.1, -0.05) is 38.1 Å². The maximum atomic E-state index is 12.3. The monoisotopic (exact) mass is 297 g/mol. The first-order chi connectivity index (χ1) is 10.5. The van der Waals surface area contributed by atoms with Gasteiger partial charge in [-0.25, -0.2) is 4.79 Å². The van der Waals surface area contributed by atoms with Crippen LogP contribution in [-0.2, 0) is 4.74 Å². The van der Waals surface area contributed by atoms with Crippen LogP contribution in [0.15, 0.2) is 48.5 Å². The van der Waals surface area contributed by atoms with Gasteiger partial charge < -0.3 is 10.1 Å². The van der Waals surface area contributed by atoms with E-state index in [9.17, 15) is 9.59 Å². The zero-order valence-corrected chi connectivity index (χ0v) is 12.9. The van der Waals surface area contributed by atoms with Gasteiger partial charge in [0, 0.05) is 5.56 Å². The fourth-order valence-corrected chi connectivity index (χ4v) is 2.09. The molecule has 22 heavy (non-hydrogen) atoms. The lowest BCUT2D eigenvalue weighted by atomic mass is 10.0. The van der Waals surface area contributed by atoms with E-state index in [-0.39, 0.29) is 5.91 Å². The van der Waals surface area contributed by atoms with E-state index in [4.69, 9.17) is 4.74 Å². The molecule has 0 spiro atoms. The molecule has 0 bridgehead atoms. The van der Waals surface area contributed by atoms with Gasteiger partial charge in [0.2, 0.25) is 0 Å². The first-order valence-electron chi connectivity index (χ1n) is 7.11. The van der Waals surface area contributed by atoms with Crippen LogP contribution >= 0.6 is 0 Å². The number of anilines is 1. The predicted octanol–water partition coefficient (Wildman–Crippen LogP) is 3.85. The van der Waals surface area contributed by atoms with Crippen LogP contribution in [0.4, 0.5) is 5.69 Å². The minimum absolute atomic E-state index is 0.258. The Labute approximate surface area is 130 Å². The van der Waals surface area contributed by atoms with E-state index in [1.54, 1.807) is 36.4 Å². The Bertz CT molecular complexity index is 675. The minimum atomic E-state index is -0.481. The molecular formula is C18H19NO3. The molecule has 0 unspecified atom stereocenters. The molecule has 0 aliphatic rings. The summed E-state index contributed by atoms with van der Waals surface area (Å²) < 4.78 is 4.72. The zero-order valence-electron chi connectivity index (χ0n) is 12.9. The summed E-state index contributed by atoms with van der Waals surface area (Å²) >= 11 is 0. The highest BCUT2D eigenvalue weighted by Crippen LogP contribution is 2.19. The van der Waals surface area contributed by atoms with Crippen molar-refractivity contribution in [1.29, 1.82) is 0 Å². The number of amides is 1. The molecule has 4 heteroatoms. The van der Waals surface area contributed by atoms with Crippen molar-refractivity contribution in [2.24, 2.45) is 0 Å². The average molecular weight is 297 g/mol. The number of benzene rings is 2. The van der Waals surface area contributed by atoms with Crippen LogP contribution in [0.5, 0.6) is 0 Å². The molecule has 2 aromatic rings. The summed E-state index contributed by atoms with van der Waals surface area (Å²) in [6, 6.07) is 14.2. The first-order valence-corrected chi connectivity index (χ1v) is 7.11. The van der Waals surface area contributed by atoms with Gasteiger partial charge in [0.15, 0.2) is 0 Å². The van der Waals surface area contributed by atoms with Gasteiger partial charge in [-0.05, 0) is 35.7 Å². The fourth-order valence-electron chi connectivity index (χ4n) is 2.09. The molecule has 0 heterocycles. The lowest BCUT2D eigenvalue weighted by molar-refractivity contribution is 0.0602. The summed E-state index contributed by atoms with van der Waals surface area (Å²) in [5.74, 6) is -0.324. The second kappa shape index (κ2) is 6.89. The summed E-state index contributed by atoms with van der Waals surface area (Å²) in [6.07, 6.45) is 0. The third-order valence-corrected chi connectivity index (χ3v) is 3.42. The maximum Gasteiger partial charge on any atom is 0.339 e. The van der Waals surface area contributed by atoms with E-state index < -0.39 is 5.97 Å². The van der Waals surface area contributed by atoms with E-state index >= 15 is 0 Å². The Kier molecular flexibility index (Phi) is 4.94. The number of carbonyl (C=O) groups excluding carboxylic acids is 2. The minimum Gasteiger partial charge on any atom is -0.465 e. The molecule has 0 fully saturated rings. The number of para-hydroxylation sites is 1. The number of hydrogen-bond acceptors (Lipinski definition) is 3. The molecule has 0 aromatic heterocycles. The molecule has 2 rings (SSSR count). The standard InChI is InChI=1S/C18H19NO3/c1-12(2)13-8-10-14(11-9-13)17(20)19-16-7-5-4-6-15(16)18(21)22-3/h4-12H,1-3H3,(H,19,20).